The van der Waals surface area contributed by atoms with Gasteiger partial charge in [-0.1, -0.05) is 35.9 Å². The van der Waals surface area contributed by atoms with E-state index < -0.39 is 42.1 Å². The molecule has 9 heteroatoms. The third-order valence-corrected chi connectivity index (χ3v) is 5.67. The molecule has 2 aromatic rings. The zero-order chi connectivity index (χ0) is 24.8. The fraction of sp³-hybridized carbons (Fsp3) is 0.400. The molecular weight excluding hydrogens is 464 g/mol. The maximum Gasteiger partial charge on any atom is 0.303 e. The fourth-order valence-corrected chi connectivity index (χ4v) is 3.92. The number of halogens is 1. The van der Waals surface area contributed by atoms with Gasteiger partial charge in [0.05, 0.1) is 6.61 Å². The lowest BCUT2D eigenvalue weighted by atomic mass is 9.90. The van der Waals surface area contributed by atoms with Crippen LogP contribution in [0.2, 0.25) is 5.02 Å². The second-order valence-electron chi connectivity index (χ2n) is 7.87. The maximum absolute atomic E-state index is 12.6. The van der Waals surface area contributed by atoms with Crippen molar-refractivity contribution in [3.8, 4) is 5.75 Å². The monoisotopic (exact) mass is 490 g/mol. The van der Waals surface area contributed by atoms with Gasteiger partial charge in [0.15, 0.2) is 24.1 Å². The molecule has 0 spiro atoms. The summed E-state index contributed by atoms with van der Waals surface area (Å²) in [5.41, 5.74) is 2.32. The van der Waals surface area contributed by atoms with Crippen LogP contribution in [0.15, 0.2) is 42.5 Å². The Labute approximate surface area is 202 Å². The minimum absolute atomic E-state index is 0.360. The van der Waals surface area contributed by atoms with E-state index in [1.165, 1.54) is 13.8 Å². The molecule has 1 aliphatic rings. The number of rotatable bonds is 8. The van der Waals surface area contributed by atoms with Crippen LogP contribution in [0.3, 0.4) is 0 Å². The topological polar surface area (TPSA) is 108 Å². The molecule has 1 aliphatic heterocycles. The molecule has 1 N–H and O–H groups in total. The van der Waals surface area contributed by atoms with E-state index in [4.69, 9.17) is 30.5 Å². The number of carbonyl (C=O) groups excluding carboxylic acids is 3. The van der Waals surface area contributed by atoms with Crippen LogP contribution in [0.25, 0.3) is 0 Å². The Morgan fingerprint density at radius 1 is 1.09 bits per heavy atom. The third kappa shape index (κ3) is 6.34. The second kappa shape index (κ2) is 11.5. The van der Waals surface area contributed by atoms with Gasteiger partial charge in [-0.25, -0.2) is 0 Å². The van der Waals surface area contributed by atoms with Crippen molar-refractivity contribution in [2.45, 2.75) is 51.6 Å². The molecule has 4 atom stereocenters. The summed E-state index contributed by atoms with van der Waals surface area (Å²) in [6.07, 6.45) is -4.59. The molecule has 1 fully saturated rings. The smallest absolute Gasteiger partial charge is 0.303 e. The summed E-state index contributed by atoms with van der Waals surface area (Å²) in [6, 6.07) is 12.8. The van der Waals surface area contributed by atoms with Gasteiger partial charge in [-0.2, -0.15) is 0 Å². The number of hydrogen-bond acceptors (Lipinski definition) is 8. The molecule has 0 bridgehead atoms. The molecule has 0 aromatic heterocycles. The van der Waals surface area contributed by atoms with Gasteiger partial charge in [0.2, 0.25) is 0 Å². The lowest BCUT2D eigenvalue weighted by molar-refractivity contribution is -0.202. The van der Waals surface area contributed by atoms with Crippen LogP contribution in [0.5, 0.6) is 5.75 Å². The van der Waals surface area contributed by atoms with Gasteiger partial charge >= 0.3 is 11.9 Å². The predicted molar refractivity (Wildman–Crippen MR) is 123 cm³/mol. The van der Waals surface area contributed by atoms with Gasteiger partial charge in [-0.15, -0.1) is 0 Å². The van der Waals surface area contributed by atoms with Crippen LogP contribution >= 0.6 is 11.6 Å². The van der Waals surface area contributed by atoms with Crippen LogP contribution < -0.4 is 4.74 Å². The van der Waals surface area contributed by atoms with Crippen LogP contribution in [0.4, 0.5) is 0 Å². The summed E-state index contributed by atoms with van der Waals surface area (Å²) < 4.78 is 21.5. The molecule has 2 aromatic carbocycles. The van der Waals surface area contributed by atoms with Crippen LogP contribution in [0, 0.1) is 0 Å². The summed E-state index contributed by atoms with van der Waals surface area (Å²) in [5.74, 6) is -1.23. The molecule has 0 saturated carbocycles. The van der Waals surface area contributed by atoms with Crippen molar-refractivity contribution in [1.82, 2.24) is 0 Å². The highest BCUT2D eigenvalue weighted by molar-refractivity contribution is 6.31. The molecule has 1 saturated heterocycles. The van der Waals surface area contributed by atoms with Gasteiger partial charge in [-0.05, 0) is 48.2 Å². The lowest BCUT2D eigenvalue weighted by Crippen LogP contribution is -2.54. The number of ether oxygens (including phenoxy) is 4. The van der Waals surface area contributed by atoms with Crippen molar-refractivity contribution >= 4 is 29.3 Å². The SMILES string of the molecule is CCOc1ccc(Cc2cc([C@@H]3O[C@H](COC(C)=O)C(=O)[C@H](O)[C@@H]3OC(C)=O)ccc2Cl)cc1. The standard InChI is InChI=1S/C25H27ClO8/c1-4-31-19-8-5-16(6-9-19)11-18-12-17(7-10-20(18)26)24-25(33-15(3)28)23(30)22(29)21(34-24)13-32-14(2)27/h5-10,12,21,23-25,30H,4,11,13H2,1-3H3/t21-,23+,24+,25+/m1/s1. The number of aliphatic hydroxyl groups is 1. The highest BCUT2D eigenvalue weighted by atomic mass is 35.5. The summed E-state index contributed by atoms with van der Waals surface area (Å²) in [7, 11) is 0. The minimum Gasteiger partial charge on any atom is -0.494 e. The Balaban J connectivity index is 1.89. The molecule has 3 rings (SSSR count). The normalized spacial score (nSPS) is 22.2. The number of carbonyl (C=O) groups is 3. The Morgan fingerprint density at radius 2 is 1.79 bits per heavy atom. The first-order chi connectivity index (χ1) is 16.2. The summed E-state index contributed by atoms with van der Waals surface area (Å²) in [4.78, 5) is 35.4. The van der Waals surface area contributed by atoms with Gasteiger partial charge in [0.1, 0.15) is 18.5 Å². The molecule has 8 nitrogen and oxygen atoms in total. The summed E-state index contributed by atoms with van der Waals surface area (Å²) in [5, 5.41) is 11.1. The average Bonchev–Trinajstić information content (AvgIpc) is 2.79. The van der Waals surface area contributed by atoms with E-state index >= 15 is 0 Å². The summed E-state index contributed by atoms with van der Waals surface area (Å²) >= 11 is 6.44. The Kier molecular flexibility index (Phi) is 8.66. The molecular formula is C25H27ClO8. The van der Waals surface area contributed by atoms with Crippen molar-refractivity contribution < 1.29 is 38.4 Å². The molecule has 34 heavy (non-hydrogen) atoms. The van der Waals surface area contributed by atoms with E-state index in [9.17, 15) is 19.5 Å². The third-order valence-electron chi connectivity index (χ3n) is 5.30. The number of ketones is 1. The minimum atomic E-state index is -1.64. The highest BCUT2D eigenvalue weighted by Gasteiger charge is 2.47. The van der Waals surface area contributed by atoms with Crippen LogP contribution in [-0.2, 0) is 35.0 Å². The maximum atomic E-state index is 12.6. The van der Waals surface area contributed by atoms with Gasteiger partial charge < -0.3 is 24.1 Å². The highest BCUT2D eigenvalue weighted by Crippen LogP contribution is 2.35. The Hall–Kier alpha value is -2.94. The number of benzene rings is 2. The average molecular weight is 491 g/mol. The molecule has 0 aliphatic carbocycles. The van der Waals surface area contributed by atoms with Crippen molar-refractivity contribution in [2.75, 3.05) is 13.2 Å². The number of aliphatic hydroxyl groups excluding tert-OH is 1. The van der Waals surface area contributed by atoms with Crippen molar-refractivity contribution in [3.63, 3.8) is 0 Å². The van der Waals surface area contributed by atoms with Crippen molar-refractivity contribution in [3.05, 3.63) is 64.2 Å². The quantitative estimate of drug-likeness (QED) is 0.562. The predicted octanol–water partition coefficient (Wildman–Crippen LogP) is 3.19. The molecule has 0 radical (unpaired) electrons. The Bertz CT molecular complexity index is 1030. The molecule has 1 heterocycles. The number of esters is 2. The first kappa shape index (κ1) is 25.7. The van der Waals surface area contributed by atoms with Crippen LogP contribution in [-0.4, -0.2) is 54.4 Å². The van der Waals surface area contributed by atoms with Crippen LogP contribution in [0.1, 0.15) is 43.6 Å². The largest absolute Gasteiger partial charge is 0.494 e. The zero-order valence-corrected chi connectivity index (χ0v) is 19.9. The van der Waals surface area contributed by atoms with Crippen molar-refractivity contribution in [2.24, 2.45) is 0 Å². The number of hydrogen-bond donors (Lipinski definition) is 1. The summed E-state index contributed by atoms with van der Waals surface area (Å²) in [6.45, 7) is 4.51. The van der Waals surface area contributed by atoms with Crippen molar-refractivity contribution in [1.29, 1.82) is 0 Å². The molecule has 182 valence electrons. The van der Waals surface area contributed by atoms with E-state index in [1.807, 2.05) is 31.2 Å². The Morgan fingerprint density at radius 3 is 2.41 bits per heavy atom. The molecule has 0 amide bonds. The first-order valence-corrected chi connectivity index (χ1v) is 11.2. The van der Waals surface area contributed by atoms with E-state index in [0.717, 1.165) is 16.9 Å². The van der Waals surface area contributed by atoms with E-state index in [2.05, 4.69) is 0 Å². The zero-order valence-electron chi connectivity index (χ0n) is 19.2. The van der Waals surface area contributed by atoms with E-state index in [-0.39, 0.29) is 6.61 Å². The van der Waals surface area contributed by atoms with Gasteiger partial charge in [0, 0.05) is 18.9 Å². The fourth-order valence-electron chi connectivity index (χ4n) is 3.74. The van der Waals surface area contributed by atoms with E-state index in [1.54, 1.807) is 18.2 Å². The molecule has 0 unspecified atom stereocenters. The first-order valence-electron chi connectivity index (χ1n) is 10.9. The lowest BCUT2D eigenvalue weighted by Gasteiger charge is -2.38. The number of Topliss-reactive ketones (excluding diaryl/α,β-unsaturated/α-hetero) is 1. The van der Waals surface area contributed by atoms with Gasteiger partial charge in [0.25, 0.3) is 0 Å². The second-order valence-corrected chi connectivity index (χ2v) is 8.28. The van der Waals surface area contributed by atoms with E-state index in [0.29, 0.717) is 23.6 Å². The van der Waals surface area contributed by atoms with Gasteiger partial charge in [-0.3, -0.25) is 14.4 Å².